The molecule has 5 nitrogen and oxygen atoms in total. The van der Waals surface area contributed by atoms with Gasteiger partial charge in [0, 0.05) is 12.6 Å². The standard InChI is InChI=1S/C15H19BrN2O3/c1-4-17-8-11-6-13(16)15(14(7-11)19-3)20-9-12-5-10(2)18-21-12/h5-7,17H,4,8-9H2,1-3H3. The second-order valence-electron chi connectivity index (χ2n) is 4.61. The van der Waals surface area contributed by atoms with Crippen LogP contribution in [0, 0.1) is 6.92 Å². The van der Waals surface area contributed by atoms with Crippen molar-refractivity contribution in [2.45, 2.75) is 27.0 Å². The first kappa shape index (κ1) is 15.9. The third kappa shape index (κ3) is 4.22. The Kier molecular flexibility index (Phi) is 5.64. The van der Waals surface area contributed by atoms with E-state index in [0.717, 1.165) is 28.8 Å². The molecule has 1 heterocycles. The van der Waals surface area contributed by atoms with Gasteiger partial charge in [0.2, 0.25) is 0 Å². The number of aromatic nitrogens is 1. The maximum Gasteiger partial charge on any atom is 0.176 e. The van der Waals surface area contributed by atoms with Gasteiger partial charge in [0.1, 0.15) is 6.61 Å². The number of hydrogen-bond acceptors (Lipinski definition) is 5. The molecule has 0 spiro atoms. The number of methoxy groups -OCH3 is 1. The second kappa shape index (κ2) is 7.47. The van der Waals surface area contributed by atoms with Gasteiger partial charge in [-0.2, -0.15) is 0 Å². The molecule has 0 bridgehead atoms. The maximum absolute atomic E-state index is 5.79. The van der Waals surface area contributed by atoms with E-state index < -0.39 is 0 Å². The van der Waals surface area contributed by atoms with E-state index in [1.54, 1.807) is 7.11 Å². The summed E-state index contributed by atoms with van der Waals surface area (Å²) in [6.45, 7) is 5.96. The molecular weight excluding hydrogens is 336 g/mol. The zero-order chi connectivity index (χ0) is 15.2. The predicted molar refractivity (Wildman–Crippen MR) is 83.6 cm³/mol. The van der Waals surface area contributed by atoms with Crippen LogP contribution >= 0.6 is 15.9 Å². The molecule has 0 fully saturated rings. The van der Waals surface area contributed by atoms with Gasteiger partial charge in [-0.05, 0) is 47.1 Å². The van der Waals surface area contributed by atoms with E-state index >= 15 is 0 Å². The Morgan fingerprint density at radius 2 is 2.14 bits per heavy atom. The first-order chi connectivity index (χ1) is 10.1. The third-order valence-electron chi connectivity index (χ3n) is 2.90. The fourth-order valence-corrected chi connectivity index (χ4v) is 2.52. The van der Waals surface area contributed by atoms with Crippen LogP contribution in [0.25, 0.3) is 0 Å². The zero-order valence-electron chi connectivity index (χ0n) is 12.4. The molecule has 0 saturated heterocycles. The van der Waals surface area contributed by atoms with Crippen LogP contribution in [0.2, 0.25) is 0 Å². The molecule has 0 aliphatic heterocycles. The summed E-state index contributed by atoms with van der Waals surface area (Å²) in [5.41, 5.74) is 1.96. The van der Waals surface area contributed by atoms with Crippen LogP contribution in [-0.2, 0) is 13.2 Å². The Morgan fingerprint density at radius 1 is 1.33 bits per heavy atom. The van der Waals surface area contributed by atoms with Crippen molar-refractivity contribution < 1.29 is 14.0 Å². The summed E-state index contributed by atoms with van der Waals surface area (Å²) in [6.07, 6.45) is 0. The quantitative estimate of drug-likeness (QED) is 0.825. The van der Waals surface area contributed by atoms with Crippen molar-refractivity contribution in [3.05, 3.63) is 39.7 Å². The van der Waals surface area contributed by atoms with Crippen LogP contribution in [0.3, 0.4) is 0 Å². The predicted octanol–water partition coefficient (Wildman–Crippen LogP) is 3.44. The average molecular weight is 355 g/mol. The largest absolute Gasteiger partial charge is 0.493 e. The topological polar surface area (TPSA) is 56.5 Å². The highest BCUT2D eigenvalue weighted by Crippen LogP contribution is 2.37. The van der Waals surface area contributed by atoms with Crippen LogP contribution in [0.4, 0.5) is 0 Å². The summed E-state index contributed by atoms with van der Waals surface area (Å²) in [4.78, 5) is 0. The normalized spacial score (nSPS) is 10.7. The van der Waals surface area contributed by atoms with Crippen LogP contribution < -0.4 is 14.8 Å². The van der Waals surface area contributed by atoms with Crippen LogP contribution in [-0.4, -0.2) is 18.8 Å². The average Bonchev–Trinajstić information content (AvgIpc) is 2.89. The number of rotatable bonds is 7. The van der Waals surface area contributed by atoms with Crippen LogP contribution in [0.5, 0.6) is 11.5 Å². The Bertz CT molecular complexity index is 599. The summed E-state index contributed by atoms with van der Waals surface area (Å²) < 4.78 is 17.2. The van der Waals surface area contributed by atoms with Gasteiger partial charge in [-0.15, -0.1) is 0 Å². The van der Waals surface area contributed by atoms with Crippen molar-refractivity contribution in [2.24, 2.45) is 0 Å². The zero-order valence-corrected chi connectivity index (χ0v) is 14.0. The molecule has 21 heavy (non-hydrogen) atoms. The van der Waals surface area contributed by atoms with E-state index in [1.807, 2.05) is 25.1 Å². The highest BCUT2D eigenvalue weighted by molar-refractivity contribution is 9.10. The lowest BCUT2D eigenvalue weighted by Gasteiger charge is -2.13. The van der Waals surface area contributed by atoms with E-state index in [9.17, 15) is 0 Å². The minimum atomic E-state index is 0.308. The molecule has 0 saturated carbocycles. The number of halogens is 1. The van der Waals surface area contributed by atoms with Crippen molar-refractivity contribution in [3.8, 4) is 11.5 Å². The third-order valence-corrected chi connectivity index (χ3v) is 3.49. The molecule has 1 N–H and O–H groups in total. The summed E-state index contributed by atoms with van der Waals surface area (Å²) in [7, 11) is 1.63. The van der Waals surface area contributed by atoms with E-state index in [1.165, 1.54) is 0 Å². The molecule has 0 aliphatic carbocycles. The minimum Gasteiger partial charge on any atom is -0.493 e. The van der Waals surface area contributed by atoms with Crippen LogP contribution in [0.15, 0.2) is 27.2 Å². The van der Waals surface area contributed by atoms with E-state index in [4.69, 9.17) is 14.0 Å². The number of aryl methyl sites for hydroxylation is 1. The van der Waals surface area contributed by atoms with E-state index in [0.29, 0.717) is 23.9 Å². The van der Waals surface area contributed by atoms with Crippen molar-refractivity contribution in [3.63, 3.8) is 0 Å². The molecule has 0 radical (unpaired) electrons. The molecule has 0 unspecified atom stereocenters. The fraction of sp³-hybridized carbons (Fsp3) is 0.400. The summed E-state index contributed by atoms with van der Waals surface area (Å²) in [6, 6.07) is 5.83. The van der Waals surface area contributed by atoms with Gasteiger partial charge < -0.3 is 19.3 Å². The van der Waals surface area contributed by atoms with Crippen molar-refractivity contribution in [1.82, 2.24) is 10.5 Å². The highest BCUT2D eigenvalue weighted by atomic mass is 79.9. The second-order valence-corrected chi connectivity index (χ2v) is 5.47. The smallest absolute Gasteiger partial charge is 0.176 e. The number of nitrogens with zero attached hydrogens (tertiary/aromatic N) is 1. The molecule has 6 heteroatoms. The Morgan fingerprint density at radius 3 is 2.76 bits per heavy atom. The molecule has 2 aromatic rings. The van der Waals surface area contributed by atoms with Gasteiger partial charge in [-0.25, -0.2) is 0 Å². The Balaban J connectivity index is 2.14. The van der Waals surface area contributed by atoms with Crippen molar-refractivity contribution >= 4 is 15.9 Å². The van der Waals surface area contributed by atoms with Crippen molar-refractivity contribution in [2.75, 3.05) is 13.7 Å². The number of hydrogen-bond donors (Lipinski definition) is 1. The van der Waals surface area contributed by atoms with Gasteiger partial charge in [0.05, 0.1) is 17.3 Å². The number of benzene rings is 1. The fourth-order valence-electron chi connectivity index (χ4n) is 1.91. The summed E-state index contributed by atoms with van der Waals surface area (Å²) >= 11 is 3.53. The van der Waals surface area contributed by atoms with Gasteiger partial charge in [0.15, 0.2) is 17.3 Å². The van der Waals surface area contributed by atoms with Gasteiger partial charge in [-0.1, -0.05) is 12.1 Å². The molecule has 1 aromatic carbocycles. The van der Waals surface area contributed by atoms with Gasteiger partial charge >= 0.3 is 0 Å². The molecule has 2 rings (SSSR count). The van der Waals surface area contributed by atoms with Crippen molar-refractivity contribution in [1.29, 1.82) is 0 Å². The first-order valence-electron chi connectivity index (χ1n) is 6.76. The minimum absolute atomic E-state index is 0.308. The number of nitrogens with one attached hydrogen (secondary N) is 1. The number of ether oxygens (including phenoxy) is 2. The first-order valence-corrected chi connectivity index (χ1v) is 7.55. The molecular formula is C15H19BrN2O3. The Hall–Kier alpha value is -1.53. The van der Waals surface area contributed by atoms with Gasteiger partial charge in [-0.3, -0.25) is 0 Å². The van der Waals surface area contributed by atoms with Crippen LogP contribution in [0.1, 0.15) is 23.9 Å². The molecule has 0 aliphatic rings. The highest BCUT2D eigenvalue weighted by Gasteiger charge is 2.13. The Labute approximate surface area is 132 Å². The van der Waals surface area contributed by atoms with Gasteiger partial charge in [0.25, 0.3) is 0 Å². The molecule has 1 aromatic heterocycles. The molecule has 0 atom stereocenters. The molecule has 0 amide bonds. The lowest BCUT2D eigenvalue weighted by atomic mass is 10.2. The molecule has 114 valence electrons. The lowest BCUT2D eigenvalue weighted by Crippen LogP contribution is -2.12. The van der Waals surface area contributed by atoms with E-state index in [-0.39, 0.29) is 0 Å². The SMILES string of the molecule is CCNCc1cc(Br)c(OCc2cc(C)no2)c(OC)c1. The lowest BCUT2D eigenvalue weighted by molar-refractivity contribution is 0.237. The maximum atomic E-state index is 5.79. The van der Waals surface area contributed by atoms with E-state index in [2.05, 4.69) is 33.3 Å². The summed E-state index contributed by atoms with van der Waals surface area (Å²) in [5, 5.41) is 7.12. The summed E-state index contributed by atoms with van der Waals surface area (Å²) in [5.74, 6) is 2.03. The monoisotopic (exact) mass is 354 g/mol.